The van der Waals surface area contributed by atoms with E-state index in [1.807, 2.05) is 0 Å². The van der Waals surface area contributed by atoms with E-state index in [0.29, 0.717) is 47.9 Å². The van der Waals surface area contributed by atoms with Crippen molar-refractivity contribution in [1.82, 2.24) is 5.32 Å². The Bertz CT molecular complexity index is 1550. The molecule has 2 aromatic carbocycles. The molecule has 51 heavy (non-hydrogen) atoms. The van der Waals surface area contributed by atoms with E-state index in [9.17, 15) is 28.0 Å². The lowest BCUT2D eigenvalue weighted by atomic mass is 9.93. The lowest BCUT2D eigenvalue weighted by molar-refractivity contribution is -0.0905. The summed E-state index contributed by atoms with van der Waals surface area (Å²) < 4.78 is 75.5. The largest absolute Gasteiger partial charge is 0.481 e. The molecule has 2 aromatic rings. The molecule has 0 bridgehead atoms. The monoisotopic (exact) mass is 756 g/mol. The van der Waals surface area contributed by atoms with E-state index >= 15 is 0 Å². The highest BCUT2D eigenvalue weighted by molar-refractivity contribution is 7.92. The Morgan fingerprint density at radius 1 is 1.00 bits per heavy atom. The van der Waals surface area contributed by atoms with Gasteiger partial charge in [0, 0.05) is 12.3 Å². The molecule has 0 aromatic heterocycles. The summed E-state index contributed by atoms with van der Waals surface area (Å²) in [5, 5.41) is 23.9. The van der Waals surface area contributed by atoms with Crippen LogP contribution in [0.2, 0.25) is 0 Å². The molecule has 2 heterocycles. The molecule has 3 unspecified atom stereocenters. The van der Waals surface area contributed by atoms with Crippen LogP contribution in [0.4, 0.5) is 10.5 Å². The van der Waals surface area contributed by atoms with Gasteiger partial charge in [0.25, 0.3) is 0 Å². The number of amides is 1. The minimum absolute atomic E-state index is 0.0256. The van der Waals surface area contributed by atoms with Crippen molar-refractivity contribution in [2.45, 2.75) is 90.9 Å². The van der Waals surface area contributed by atoms with E-state index < -0.39 is 48.0 Å². The summed E-state index contributed by atoms with van der Waals surface area (Å²) in [6, 6.07) is 11.3. The number of benzene rings is 2. The Hall–Kier alpha value is -2.75. The van der Waals surface area contributed by atoms with Crippen molar-refractivity contribution in [2.24, 2.45) is 11.8 Å². The number of fused-ring (bicyclic) bond motifs is 1. The number of ether oxygens (including phenoxy) is 4. The van der Waals surface area contributed by atoms with Gasteiger partial charge in [-0.15, -0.1) is 0 Å². The molecule has 2 saturated heterocycles. The summed E-state index contributed by atoms with van der Waals surface area (Å²) >= 11 is 0. The number of aliphatic hydroxyl groups excluding tert-OH is 2. The van der Waals surface area contributed by atoms with E-state index in [2.05, 4.69) is 23.9 Å². The molecule has 0 saturated carbocycles. The van der Waals surface area contributed by atoms with E-state index in [-0.39, 0.29) is 51.2 Å². The summed E-state index contributed by atoms with van der Waals surface area (Å²) in [6.45, 7) is 8.53. The fraction of sp³-hybridized carbons (Fsp3) is 0.629. The molecule has 0 spiro atoms. The van der Waals surface area contributed by atoms with Crippen LogP contribution in [0, 0.1) is 11.8 Å². The maximum atomic E-state index is 13.5. The molecule has 286 valence electrons. The predicted octanol–water partition coefficient (Wildman–Crippen LogP) is 4.96. The SMILES string of the molecule is CCOP(=O)(COc1ccc(C[C@H](OC(=O)NC2COC3OCCC23)[C@@H](O)CS(=O)(=O)Nc2ccc(CO)cc2CC(CC)CC)cc1)OCC. The third-order valence-electron chi connectivity index (χ3n) is 9.10. The fourth-order valence-electron chi connectivity index (χ4n) is 6.25. The third kappa shape index (κ3) is 12.1. The third-order valence-corrected chi connectivity index (χ3v) is 12.2. The Morgan fingerprint density at radius 3 is 2.33 bits per heavy atom. The van der Waals surface area contributed by atoms with Crippen LogP contribution in [0.1, 0.15) is 63.6 Å². The highest BCUT2D eigenvalue weighted by Crippen LogP contribution is 2.47. The molecule has 0 radical (unpaired) electrons. The minimum Gasteiger partial charge on any atom is -0.481 e. The lowest BCUT2D eigenvalue weighted by Crippen LogP contribution is -2.45. The molecule has 1 amide bonds. The van der Waals surface area contributed by atoms with Crippen molar-refractivity contribution in [3.05, 3.63) is 59.2 Å². The summed E-state index contributed by atoms with van der Waals surface area (Å²) in [5.74, 6) is -0.0960. The number of carbonyl (C=O) groups is 1. The van der Waals surface area contributed by atoms with E-state index in [1.165, 1.54) is 0 Å². The second-order valence-electron chi connectivity index (χ2n) is 12.8. The Morgan fingerprint density at radius 2 is 1.69 bits per heavy atom. The number of alkyl carbamates (subject to hydrolysis) is 1. The quantitative estimate of drug-likeness (QED) is 0.126. The van der Waals surface area contributed by atoms with Crippen LogP contribution in [0.5, 0.6) is 5.75 Å². The number of nitrogens with one attached hydrogen (secondary N) is 2. The van der Waals surface area contributed by atoms with Crippen LogP contribution in [-0.4, -0.2) is 87.8 Å². The maximum absolute atomic E-state index is 13.5. The van der Waals surface area contributed by atoms with Crippen LogP contribution < -0.4 is 14.8 Å². The molecule has 4 N–H and O–H groups in total. The summed E-state index contributed by atoms with van der Waals surface area (Å²) in [4.78, 5) is 13.2. The molecule has 2 fully saturated rings. The van der Waals surface area contributed by atoms with Crippen LogP contribution in [-0.2, 0) is 57.3 Å². The summed E-state index contributed by atoms with van der Waals surface area (Å²) in [6.07, 6.45) is -1.28. The maximum Gasteiger partial charge on any atom is 0.407 e. The van der Waals surface area contributed by atoms with Gasteiger partial charge in [-0.3, -0.25) is 9.29 Å². The average Bonchev–Trinajstić information content (AvgIpc) is 3.72. The molecule has 5 atom stereocenters. The molecule has 2 aliphatic rings. The lowest BCUT2D eigenvalue weighted by Gasteiger charge is -2.25. The van der Waals surface area contributed by atoms with E-state index in [1.54, 1.807) is 56.3 Å². The van der Waals surface area contributed by atoms with Gasteiger partial charge >= 0.3 is 13.7 Å². The number of anilines is 1. The number of sulfonamides is 1. The van der Waals surface area contributed by atoms with Crippen molar-refractivity contribution < 1.29 is 56.0 Å². The first kappa shape index (κ1) is 41.0. The molecule has 16 heteroatoms. The Balaban J connectivity index is 1.49. The highest BCUT2D eigenvalue weighted by atomic mass is 32.2. The van der Waals surface area contributed by atoms with Crippen molar-refractivity contribution in [1.29, 1.82) is 0 Å². The van der Waals surface area contributed by atoms with Gasteiger partial charge in [0.15, 0.2) is 12.6 Å². The molecule has 14 nitrogen and oxygen atoms in total. The second kappa shape index (κ2) is 19.4. The van der Waals surface area contributed by atoms with Gasteiger partial charge in [0.1, 0.15) is 18.0 Å². The highest BCUT2D eigenvalue weighted by Gasteiger charge is 2.43. The van der Waals surface area contributed by atoms with Crippen LogP contribution in [0.25, 0.3) is 0 Å². The van der Waals surface area contributed by atoms with Gasteiger partial charge < -0.3 is 43.5 Å². The smallest absolute Gasteiger partial charge is 0.407 e. The summed E-state index contributed by atoms with van der Waals surface area (Å²) in [7, 11) is -7.59. The summed E-state index contributed by atoms with van der Waals surface area (Å²) in [5.41, 5.74) is 2.39. The molecular weight excluding hydrogens is 703 g/mol. The molecule has 2 aliphatic heterocycles. The zero-order valence-corrected chi connectivity index (χ0v) is 31.5. The fourth-order valence-corrected chi connectivity index (χ4v) is 8.85. The first-order valence-corrected chi connectivity index (χ1v) is 21.0. The number of rotatable bonds is 21. The van der Waals surface area contributed by atoms with Crippen molar-refractivity contribution >= 4 is 29.4 Å². The van der Waals surface area contributed by atoms with Crippen molar-refractivity contribution in [3.63, 3.8) is 0 Å². The zero-order chi connectivity index (χ0) is 37.0. The predicted molar refractivity (Wildman–Crippen MR) is 191 cm³/mol. The normalized spacial score (nSPS) is 20.2. The number of hydrogen-bond donors (Lipinski definition) is 4. The van der Waals surface area contributed by atoms with Gasteiger partial charge in [-0.05, 0) is 67.5 Å². The first-order valence-electron chi connectivity index (χ1n) is 17.6. The molecule has 0 aliphatic carbocycles. The van der Waals surface area contributed by atoms with E-state index in [0.717, 1.165) is 18.4 Å². The van der Waals surface area contributed by atoms with Gasteiger partial charge in [0.05, 0.1) is 50.5 Å². The Labute approximate surface area is 301 Å². The second-order valence-corrected chi connectivity index (χ2v) is 16.5. The standard InChI is InChI=1S/C35H53N2O12PS/c1-5-24(6-2)17-27-18-26(20-38)11-14-30(27)37-51(42,43)22-32(39)33(49-35(40)36-31-21-45-34-29(31)15-16-44-34)19-25-9-12-28(13-10-25)46-23-50(41,47-7-3)48-8-4/h9-14,18,24,29,31-34,37-39H,5-8,15-17,19-23H2,1-4H3,(H,36,40)/t29?,31?,32-,33-,34?/m0/s1. The van der Waals surface area contributed by atoms with Gasteiger partial charge in [-0.1, -0.05) is 51.0 Å². The molecule has 4 rings (SSSR count). The van der Waals surface area contributed by atoms with Gasteiger partial charge in [-0.25, -0.2) is 13.2 Å². The zero-order valence-electron chi connectivity index (χ0n) is 29.8. The van der Waals surface area contributed by atoms with Crippen LogP contribution in [0.15, 0.2) is 42.5 Å². The minimum atomic E-state index is -4.15. The van der Waals surface area contributed by atoms with Crippen LogP contribution in [0.3, 0.4) is 0 Å². The van der Waals surface area contributed by atoms with Crippen molar-refractivity contribution in [2.75, 3.05) is 43.3 Å². The Kier molecular flexibility index (Phi) is 15.6. The van der Waals surface area contributed by atoms with Crippen molar-refractivity contribution in [3.8, 4) is 5.75 Å². The topological polar surface area (TPSA) is 188 Å². The average molecular weight is 757 g/mol. The van der Waals surface area contributed by atoms with E-state index in [4.69, 9.17) is 28.0 Å². The van der Waals surface area contributed by atoms with Gasteiger partial charge in [0.2, 0.25) is 10.0 Å². The first-order chi connectivity index (χ1) is 24.4. The van der Waals surface area contributed by atoms with Crippen LogP contribution >= 0.6 is 7.60 Å². The number of aliphatic hydroxyl groups is 2. The molecular formula is C35H53N2O12PS. The number of carbonyl (C=O) groups excluding carboxylic acids is 1. The number of hydrogen-bond acceptors (Lipinski definition) is 12. The van der Waals surface area contributed by atoms with Gasteiger partial charge in [-0.2, -0.15) is 0 Å².